The summed E-state index contributed by atoms with van der Waals surface area (Å²) in [7, 11) is -2.85. The van der Waals surface area contributed by atoms with Crippen LogP contribution in [0.15, 0.2) is 30.5 Å². The predicted molar refractivity (Wildman–Crippen MR) is 75.6 cm³/mol. The van der Waals surface area contributed by atoms with Gasteiger partial charge in [-0.25, -0.2) is 8.42 Å². The molecule has 18 heavy (non-hydrogen) atoms. The Kier molecular flexibility index (Phi) is 3.76. The first-order valence-corrected chi connectivity index (χ1v) is 8.10. The Hall–Kier alpha value is -1.29. The Morgan fingerprint density at radius 1 is 1.22 bits per heavy atom. The fourth-order valence-corrected chi connectivity index (χ4v) is 2.95. The molecule has 3 nitrogen and oxygen atoms in total. The molecule has 0 unspecified atom stereocenters. The van der Waals surface area contributed by atoms with Crippen LogP contribution in [0.2, 0.25) is 0 Å². The van der Waals surface area contributed by atoms with E-state index in [4.69, 9.17) is 0 Å². The van der Waals surface area contributed by atoms with Crippen molar-refractivity contribution >= 4 is 20.7 Å². The summed E-state index contributed by atoms with van der Waals surface area (Å²) < 4.78 is 25.0. The molecule has 2 aromatic rings. The minimum absolute atomic E-state index is 0.235. The molecule has 0 amide bonds. The number of fused-ring (bicyclic) bond motifs is 1. The molecule has 1 heterocycles. The monoisotopic (exact) mass is 265 g/mol. The normalized spacial score (nSPS) is 12.1. The highest BCUT2D eigenvalue weighted by atomic mass is 32.2. The fourth-order valence-electron chi connectivity index (χ4n) is 2.09. The van der Waals surface area contributed by atoms with E-state index in [-0.39, 0.29) is 11.5 Å². The van der Waals surface area contributed by atoms with Crippen LogP contribution in [0, 0.1) is 6.92 Å². The van der Waals surface area contributed by atoms with Gasteiger partial charge in [0.1, 0.15) is 9.84 Å². The zero-order valence-corrected chi connectivity index (χ0v) is 11.7. The molecule has 0 spiro atoms. The van der Waals surface area contributed by atoms with Crippen LogP contribution in [0.5, 0.6) is 0 Å². The first kappa shape index (κ1) is 13.1. The largest absolute Gasteiger partial charge is 0.347 e. The van der Waals surface area contributed by atoms with Crippen LogP contribution in [0.1, 0.15) is 18.9 Å². The van der Waals surface area contributed by atoms with E-state index in [1.807, 2.05) is 6.20 Å². The Morgan fingerprint density at radius 3 is 2.72 bits per heavy atom. The molecule has 0 saturated heterocycles. The summed E-state index contributed by atoms with van der Waals surface area (Å²) in [4.78, 5) is 0. The maximum absolute atomic E-state index is 11.4. The number of sulfone groups is 1. The van der Waals surface area contributed by atoms with E-state index in [0.717, 1.165) is 6.54 Å². The van der Waals surface area contributed by atoms with Crippen molar-refractivity contribution in [3.63, 3.8) is 0 Å². The summed E-state index contributed by atoms with van der Waals surface area (Å²) in [6.07, 6.45) is 2.70. The van der Waals surface area contributed by atoms with Gasteiger partial charge in [-0.15, -0.1) is 0 Å². The number of aryl methyl sites for hydroxylation is 2. The van der Waals surface area contributed by atoms with Crippen LogP contribution < -0.4 is 0 Å². The number of rotatable bonds is 5. The topological polar surface area (TPSA) is 39.1 Å². The number of aromatic nitrogens is 1. The van der Waals surface area contributed by atoms with Crippen molar-refractivity contribution in [2.45, 2.75) is 26.8 Å². The lowest BCUT2D eigenvalue weighted by Gasteiger charge is -2.06. The summed E-state index contributed by atoms with van der Waals surface area (Å²) in [6.45, 7) is 4.52. The van der Waals surface area contributed by atoms with Gasteiger partial charge in [0.25, 0.3) is 0 Å². The molecule has 0 aliphatic heterocycles. The van der Waals surface area contributed by atoms with Crippen molar-refractivity contribution in [1.82, 2.24) is 4.57 Å². The van der Waals surface area contributed by atoms with Crippen molar-refractivity contribution in [3.05, 3.63) is 36.0 Å². The summed E-state index contributed by atoms with van der Waals surface area (Å²) in [5.74, 6) is 0.507. The molecular weight excluding hydrogens is 246 g/mol. The molecule has 0 aliphatic carbocycles. The number of hydrogen-bond acceptors (Lipinski definition) is 2. The Balaban J connectivity index is 2.11. The van der Waals surface area contributed by atoms with Gasteiger partial charge in [0.05, 0.1) is 5.75 Å². The number of hydrogen-bond donors (Lipinski definition) is 0. The summed E-state index contributed by atoms with van der Waals surface area (Å²) >= 11 is 0. The average molecular weight is 265 g/mol. The lowest BCUT2D eigenvalue weighted by Crippen LogP contribution is -2.11. The average Bonchev–Trinajstić information content (AvgIpc) is 2.72. The summed E-state index contributed by atoms with van der Waals surface area (Å²) in [6, 6.07) is 8.41. The minimum atomic E-state index is -2.85. The third kappa shape index (κ3) is 2.93. The van der Waals surface area contributed by atoms with Crippen LogP contribution in [-0.4, -0.2) is 24.5 Å². The standard InChI is InChI=1S/C14H19NO2S/c1-3-18(16,17)10-4-8-15-9-7-13-6-5-12(2)11-14(13)15/h5-7,9,11H,3-4,8,10H2,1-2H3. The van der Waals surface area contributed by atoms with Gasteiger partial charge in [-0.05, 0) is 36.4 Å². The second kappa shape index (κ2) is 5.14. The molecule has 1 aromatic carbocycles. The van der Waals surface area contributed by atoms with Crippen LogP contribution in [0.25, 0.3) is 10.9 Å². The fraction of sp³-hybridized carbons (Fsp3) is 0.429. The van der Waals surface area contributed by atoms with E-state index >= 15 is 0 Å². The molecule has 2 rings (SSSR count). The summed E-state index contributed by atoms with van der Waals surface area (Å²) in [5, 5.41) is 1.21. The van der Waals surface area contributed by atoms with Gasteiger partial charge in [-0.1, -0.05) is 19.1 Å². The SMILES string of the molecule is CCS(=O)(=O)CCCn1ccc2ccc(C)cc21. The van der Waals surface area contributed by atoms with Gasteiger partial charge in [0, 0.05) is 24.0 Å². The van der Waals surface area contributed by atoms with Gasteiger partial charge in [0.2, 0.25) is 0 Å². The smallest absolute Gasteiger partial charge is 0.150 e. The van der Waals surface area contributed by atoms with Gasteiger partial charge in [-0.3, -0.25) is 0 Å². The highest BCUT2D eigenvalue weighted by molar-refractivity contribution is 7.91. The van der Waals surface area contributed by atoms with Crippen LogP contribution >= 0.6 is 0 Å². The number of nitrogens with zero attached hydrogens (tertiary/aromatic N) is 1. The van der Waals surface area contributed by atoms with Gasteiger partial charge in [-0.2, -0.15) is 0 Å². The lowest BCUT2D eigenvalue weighted by atomic mass is 10.2. The first-order chi connectivity index (χ1) is 8.52. The molecule has 0 saturated carbocycles. The van der Waals surface area contributed by atoms with Crippen molar-refractivity contribution in [2.75, 3.05) is 11.5 Å². The molecule has 4 heteroatoms. The van der Waals surface area contributed by atoms with Crippen molar-refractivity contribution < 1.29 is 8.42 Å². The summed E-state index contributed by atoms with van der Waals surface area (Å²) in [5.41, 5.74) is 2.41. The Morgan fingerprint density at radius 2 is 2.00 bits per heavy atom. The second-order valence-electron chi connectivity index (χ2n) is 4.66. The van der Waals surface area contributed by atoms with E-state index in [2.05, 4.69) is 35.8 Å². The van der Waals surface area contributed by atoms with Crippen LogP contribution in [-0.2, 0) is 16.4 Å². The molecule has 98 valence electrons. The van der Waals surface area contributed by atoms with Crippen LogP contribution in [0.3, 0.4) is 0 Å². The maximum Gasteiger partial charge on any atom is 0.150 e. The molecule has 0 fully saturated rings. The molecule has 0 N–H and O–H groups in total. The van der Waals surface area contributed by atoms with Crippen molar-refractivity contribution in [3.8, 4) is 0 Å². The Labute approximate surface area is 108 Å². The third-order valence-electron chi connectivity index (χ3n) is 3.22. The molecule has 0 bridgehead atoms. The van der Waals surface area contributed by atoms with E-state index in [1.165, 1.54) is 16.5 Å². The zero-order chi connectivity index (χ0) is 13.2. The van der Waals surface area contributed by atoms with E-state index in [1.54, 1.807) is 6.92 Å². The van der Waals surface area contributed by atoms with Crippen molar-refractivity contribution in [2.24, 2.45) is 0 Å². The van der Waals surface area contributed by atoms with E-state index < -0.39 is 9.84 Å². The highest BCUT2D eigenvalue weighted by Crippen LogP contribution is 2.17. The second-order valence-corrected chi connectivity index (χ2v) is 7.13. The van der Waals surface area contributed by atoms with Gasteiger partial charge >= 0.3 is 0 Å². The first-order valence-electron chi connectivity index (χ1n) is 6.28. The van der Waals surface area contributed by atoms with E-state index in [9.17, 15) is 8.42 Å². The van der Waals surface area contributed by atoms with E-state index in [0.29, 0.717) is 6.42 Å². The lowest BCUT2D eigenvalue weighted by molar-refractivity contribution is 0.589. The molecule has 0 atom stereocenters. The molecule has 0 aliphatic rings. The quantitative estimate of drug-likeness (QED) is 0.834. The van der Waals surface area contributed by atoms with Gasteiger partial charge < -0.3 is 4.57 Å². The molecule has 1 aromatic heterocycles. The minimum Gasteiger partial charge on any atom is -0.347 e. The van der Waals surface area contributed by atoms with Crippen LogP contribution in [0.4, 0.5) is 0 Å². The number of benzene rings is 1. The maximum atomic E-state index is 11.4. The molecular formula is C14H19NO2S. The van der Waals surface area contributed by atoms with Gasteiger partial charge in [0.15, 0.2) is 0 Å². The molecule has 0 radical (unpaired) electrons. The van der Waals surface area contributed by atoms with Crippen molar-refractivity contribution in [1.29, 1.82) is 0 Å². The third-order valence-corrected chi connectivity index (χ3v) is 5.01. The zero-order valence-electron chi connectivity index (χ0n) is 10.9. The Bertz CT molecular complexity index is 641. The highest BCUT2D eigenvalue weighted by Gasteiger charge is 2.07. The predicted octanol–water partition coefficient (Wildman–Crippen LogP) is 2.77.